The van der Waals surface area contributed by atoms with Crippen molar-refractivity contribution in [1.82, 2.24) is 10.2 Å². The van der Waals surface area contributed by atoms with Gasteiger partial charge in [0, 0.05) is 25.2 Å². The van der Waals surface area contributed by atoms with E-state index >= 15 is 0 Å². The van der Waals surface area contributed by atoms with Gasteiger partial charge < -0.3 is 10.1 Å². The second kappa shape index (κ2) is 5.99. The van der Waals surface area contributed by atoms with E-state index in [4.69, 9.17) is 4.74 Å². The van der Waals surface area contributed by atoms with Crippen molar-refractivity contribution < 1.29 is 4.74 Å². The molecule has 2 rings (SSSR count). The minimum atomic E-state index is 0.366. The third-order valence-corrected chi connectivity index (χ3v) is 3.41. The smallest absolute Gasteiger partial charge is 0.0596 e. The van der Waals surface area contributed by atoms with Crippen LogP contribution in [0.5, 0.6) is 0 Å². The monoisotopic (exact) mass is 226 g/mol. The molecule has 2 fully saturated rings. The number of nitrogens with zero attached hydrogens (tertiary/aromatic N) is 1. The van der Waals surface area contributed by atoms with E-state index in [1.54, 1.807) is 0 Å². The van der Waals surface area contributed by atoms with Crippen molar-refractivity contribution in [2.24, 2.45) is 0 Å². The van der Waals surface area contributed by atoms with Crippen molar-refractivity contribution in [3.63, 3.8) is 0 Å². The quantitative estimate of drug-likeness (QED) is 0.745. The Labute approximate surface area is 99.5 Å². The fourth-order valence-electron chi connectivity index (χ4n) is 2.40. The molecule has 1 saturated heterocycles. The van der Waals surface area contributed by atoms with Gasteiger partial charge in [-0.3, -0.25) is 4.90 Å². The molecule has 1 unspecified atom stereocenters. The highest BCUT2D eigenvalue weighted by Crippen LogP contribution is 2.21. The predicted octanol–water partition coefficient (Wildman–Crippen LogP) is 1.63. The van der Waals surface area contributed by atoms with Crippen LogP contribution in [0.15, 0.2) is 0 Å². The van der Waals surface area contributed by atoms with Crippen LogP contribution >= 0.6 is 0 Å². The van der Waals surface area contributed by atoms with E-state index in [0.717, 1.165) is 25.2 Å². The summed E-state index contributed by atoms with van der Waals surface area (Å²) in [7, 11) is 0. The third kappa shape index (κ3) is 4.40. The molecule has 3 heteroatoms. The number of likely N-dealkylation sites (tertiary alicyclic amines) is 1. The maximum absolute atomic E-state index is 5.61. The Hall–Kier alpha value is -0.120. The molecule has 0 amide bonds. The van der Waals surface area contributed by atoms with Gasteiger partial charge in [0.2, 0.25) is 0 Å². The van der Waals surface area contributed by atoms with Gasteiger partial charge in [-0.2, -0.15) is 0 Å². The highest BCUT2D eigenvalue weighted by Gasteiger charge is 2.27. The van der Waals surface area contributed by atoms with Crippen LogP contribution in [0.25, 0.3) is 0 Å². The summed E-state index contributed by atoms with van der Waals surface area (Å²) in [5.41, 5.74) is 0. The van der Waals surface area contributed by atoms with Crippen molar-refractivity contribution >= 4 is 0 Å². The lowest BCUT2D eigenvalue weighted by Gasteiger charge is -2.33. The van der Waals surface area contributed by atoms with Crippen molar-refractivity contribution in [2.45, 2.75) is 57.7 Å². The van der Waals surface area contributed by atoms with Gasteiger partial charge in [0.05, 0.1) is 12.7 Å². The molecule has 0 aromatic carbocycles. The van der Waals surface area contributed by atoms with Gasteiger partial charge in [-0.15, -0.1) is 0 Å². The Bertz CT molecular complexity index is 204. The van der Waals surface area contributed by atoms with Crippen LogP contribution in [0.3, 0.4) is 0 Å². The Kier molecular flexibility index (Phi) is 4.62. The zero-order chi connectivity index (χ0) is 11.4. The molecule has 1 heterocycles. The first-order valence-electron chi connectivity index (χ1n) is 6.84. The summed E-state index contributed by atoms with van der Waals surface area (Å²) < 4.78 is 5.61. The molecule has 1 aliphatic heterocycles. The molecule has 1 N–H and O–H groups in total. The summed E-state index contributed by atoms with van der Waals surface area (Å²) in [6.45, 7) is 8.67. The molecular weight excluding hydrogens is 200 g/mol. The standard InChI is InChI=1S/C13H26N2O/c1-11(2)16-9-8-15-7-3-4-13(10-15)14-12-5-6-12/h11-14H,3-10H2,1-2H3. The molecule has 0 aromatic rings. The second-order valence-corrected chi connectivity index (χ2v) is 5.50. The molecule has 1 saturated carbocycles. The lowest BCUT2D eigenvalue weighted by molar-refractivity contribution is 0.0514. The normalized spacial score (nSPS) is 27.6. The van der Waals surface area contributed by atoms with Gasteiger partial charge in [-0.25, -0.2) is 0 Å². The molecule has 94 valence electrons. The van der Waals surface area contributed by atoms with Gasteiger partial charge in [0.1, 0.15) is 0 Å². The highest BCUT2D eigenvalue weighted by molar-refractivity contribution is 4.87. The average molecular weight is 226 g/mol. The van der Waals surface area contributed by atoms with Crippen LogP contribution in [0, 0.1) is 0 Å². The number of nitrogens with one attached hydrogen (secondary N) is 1. The summed E-state index contributed by atoms with van der Waals surface area (Å²) in [6, 6.07) is 1.58. The minimum Gasteiger partial charge on any atom is -0.377 e. The van der Waals surface area contributed by atoms with Crippen molar-refractivity contribution in [2.75, 3.05) is 26.2 Å². The Balaban J connectivity index is 1.61. The lowest BCUT2D eigenvalue weighted by atomic mass is 10.1. The van der Waals surface area contributed by atoms with E-state index in [2.05, 4.69) is 24.1 Å². The van der Waals surface area contributed by atoms with Crippen molar-refractivity contribution in [3.8, 4) is 0 Å². The van der Waals surface area contributed by atoms with E-state index in [0.29, 0.717) is 6.10 Å². The lowest BCUT2D eigenvalue weighted by Crippen LogP contribution is -2.47. The van der Waals surface area contributed by atoms with Crippen LogP contribution in [0.1, 0.15) is 39.5 Å². The molecule has 1 aliphatic carbocycles. The molecule has 0 aromatic heterocycles. The van der Waals surface area contributed by atoms with Crippen LogP contribution in [0.2, 0.25) is 0 Å². The largest absolute Gasteiger partial charge is 0.377 e. The maximum atomic E-state index is 5.61. The summed E-state index contributed by atoms with van der Waals surface area (Å²) in [4.78, 5) is 2.55. The van der Waals surface area contributed by atoms with E-state index in [-0.39, 0.29) is 0 Å². The second-order valence-electron chi connectivity index (χ2n) is 5.50. The van der Waals surface area contributed by atoms with Crippen molar-refractivity contribution in [3.05, 3.63) is 0 Å². The van der Waals surface area contributed by atoms with E-state index < -0.39 is 0 Å². The number of hydrogen-bond acceptors (Lipinski definition) is 3. The molecule has 1 atom stereocenters. The minimum absolute atomic E-state index is 0.366. The molecule has 3 nitrogen and oxygen atoms in total. The molecule has 16 heavy (non-hydrogen) atoms. The van der Waals surface area contributed by atoms with Crippen LogP contribution in [-0.2, 0) is 4.74 Å². The summed E-state index contributed by atoms with van der Waals surface area (Å²) in [5.74, 6) is 0. The summed E-state index contributed by atoms with van der Waals surface area (Å²) >= 11 is 0. The first-order chi connectivity index (χ1) is 7.74. The zero-order valence-electron chi connectivity index (χ0n) is 10.7. The number of ether oxygens (including phenoxy) is 1. The number of rotatable bonds is 6. The Morgan fingerprint density at radius 2 is 2.06 bits per heavy atom. The van der Waals surface area contributed by atoms with E-state index in [1.165, 1.54) is 38.8 Å². The molecule has 0 bridgehead atoms. The van der Waals surface area contributed by atoms with Gasteiger partial charge in [0.15, 0.2) is 0 Å². The Morgan fingerprint density at radius 3 is 2.75 bits per heavy atom. The van der Waals surface area contributed by atoms with E-state index in [1.807, 2.05) is 0 Å². The topological polar surface area (TPSA) is 24.5 Å². The molecule has 2 aliphatic rings. The zero-order valence-corrected chi connectivity index (χ0v) is 10.7. The number of piperidine rings is 1. The molecule has 0 spiro atoms. The van der Waals surface area contributed by atoms with Crippen LogP contribution < -0.4 is 5.32 Å². The van der Waals surface area contributed by atoms with E-state index in [9.17, 15) is 0 Å². The van der Waals surface area contributed by atoms with Crippen molar-refractivity contribution in [1.29, 1.82) is 0 Å². The summed E-state index contributed by atoms with van der Waals surface area (Å²) in [6.07, 6.45) is 5.86. The first-order valence-corrected chi connectivity index (χ1v) is 6.84. The number of hydrogen-bond donors (Lipinski definition) is 1. The molecular formula is C13H26N2O. The molecule has 0 radical (unpaired) electrons. The first kappa shape index (κ1) is 12.3. The average Bonchev–Trinajstić information content (AvgIpc) is 3.02. The highest BCUT2D eigenvalue weighted by atomic mass is 16.5. The maximum Gasteiger partial charge on any atom is 0.0596 e. The van der Waals surface area contributed by atoms with Gasteiger partial charge in [-0.1, -0.05) is 0 Å². The summed E-state index contributed by atoms with van der Waals surface area (Å²) in [5, 5.41) is 3.74. The van der Waals surface area contributed by atoms with Gasteiger partial charge in [-0.05, 0) is 46.1 Å². The third-order valence-electron chi connectivity index (χ3n) is 3.41. The van der Waals surface area contributed by atoms with Crippen LogP contribution in [-0.4, -0.2) is 49.3 Å². The van der Waals surface area contributed by atoms with Gasteiger partial charge >= 0.3 is 0 Å². The Morgan fingerprint density at radius 1 is 1.25 bits per heavy atom. The fourth-order valence-corrected chi connectivity index (χ4v) is 2.40. The van der Waals surface area contributed by atoms with Gasteiger partial charge in [0.25, 0.3) is 0 Å². The fraction of sp³-hybridized carbons (Fsp3) is 1.00. The van der Waals surface area contributed by atoms with Crippen LogP contribution in [0.4, 0.5) is 0 Å². The SMILES string of the molecule is CC(C)OCCN1CCCC(NC2CC2)C1. The predicted molar refractivity (Wildman–Crippen MR) is 66.7 cm³/mol.